The molecule has 250 valence electrons. The van der Waals surface area contributed by atoms with Crippen LogP contribution in [-0.2, 0) is 43.9 Å². The van der Waals surface area contributed by atoms with Gasteiger partial charge in [-0.3, -0.25) is 14.2 Å². The quantitative estimate of drug-likeness (QED) is 0.220. The molecule has 0 spiro atoms. The van der Waals surface area contributed by atoms with Crippen LogP contribution in [0.5, 0.6) is 0 Å². The van der Waals surface area contributed by atoms with Crippen molar-refractivity contribution in [1.29, 1.82) is 0 Å². The molecule has 0 saturated carbocycles. The summed E-state index contributed by atoms with van der Waals surface area (Å²) in [6, 6.07) is 8.77. The molecule has 2 amide bonds. The third-order valence-corrected chi connectivity index (χ3v) is 7.04. The number of hydrogen-bond donors (Lipinski definition) is 3. The minimum atomic E-state index is -5.12. The number of nitrogens with one attached hydrogen (secondary N) is 2. The van der Waals surface area contributed by atoms with E-state index in [1.807, 2.05) is 0 Å². The summed E-state index contributed by atoms with van der Waals surface area (Å²) in [7, 11) is 1.03. The molecule has 0 aliphatic rings. The van der Waals surface area contributed by atoms with E-state index >= 15 is 0 Å². The molecule has 11 nitrogen and oxygen atoms in total. The highest BCUT2D eigenvalue weighted by molar-refractivity contribution is 6.30. The number of methoxy groups -OCH3 is 1. The summed E-state index contributed by atoms with van der Waals surface area (Å²) < 4.78 is 85.7. The molecule has 46 heavy (non-hydrogen) atoms. The lowest BCUT2D eigenvalue weighted by Crippen LogP contribution is -2.61. The van der Waals surface area contributed by atoms with Crippen LogP contribution in [0.4, 0.5) is 26.3 Å². The molecular weight excluding hydrogens is 652 g/mol. The number of alkyl halides is 6. The second kappa shape index (κ2) is 13.2. The number of benzene rings is 2. The van der Waals surface area contributed by atoms with Crippen LogP contribution in [0.25, 0.3) is 11.4 Å². The van der Waals surface area contributed by atoms with Gasteiger partial charge in [0.1, 0.15) is 17.6 Å². The van der Waals surface area contributed by atoms with Gasteiger partial charge in [-0.25, -0.2) is 14.3 Å². The Kier molecular flexibility index (Phi) is 10.3. The van der Waals surface area contributed by atoms with Crippen LogP contribution in [0.1, 0.15) is 31.9 Å². The molecule has 2 aromatic carbocycles. The van der Waals surface area contributed by atoms with E-state index in [9.17, 15) is 50.6 Å². The number of esters is 1. The average Bonchev–Trinajstić information content (AvgIpc) is 3.25. The van der Waals surface area contributed by atoms with Crippen molar-refractivity contribution >= 4 is 29.4 Å². The molecule has 3 rings (SSSR count). The smallest absolute Gasteiger partial charge is 0.416 e. The highest BCUT2D eigenvalue weighted by atomic mass is 35.5. The van der Waals surface area contributed by atoms with E-state index in [0.29, 0.717) is 15.3 Å². The standard InChI is InChI=1S/C28H28ClF6N5O6/c1-25(2,23(44)46-4)37-22(43)26(3,16-6-5-7-17(12-16)27(30,31)32)36-20(42)14-40-24(45)39(13-19(41)28(33,34)35)21(38-40)15-8-10-18(29)11-9-15/h5-12,19,41H,13-14H2,1-4H3,(H,36,42)(H,37,43)/t19-,26+/m0/s1. The molecule has 0 aliphatic carbocycles. The van der Waals surface area contributed by atoms with Gasteiger partial charge >= 0.3 is 24.0 Å². The molecule has 0 radical (unpaired) electrons. The first-order chi connectivity index (χ1) is 21.1. The van der Waals surface area contributed by atoms with Crippen LogP contribution in [0.3, 0.4) is 0 Å². The zero-order valence-electron chi connectivity index (χ0n) is 24.6. The second-order valence-electron chi connectivity index (χ2n) is 10.8. The number of aliphatic hydroxyl groups excluding tert-OH is 1. The Bertz CT molecular complexity index is 1670. The van der Waals surface area contributed by atoms with Crippen molar-refractivity contribution < 1.29 is 50.6 Å². The van der Waals surface area contributed by atoms with Gasteiger partial charge in [-0.05, 0) is 62.7 Å². The largest absolute Gasteiger partial charge is 0.467 e. The van der Waals surface area contributed by atoms with Gasteiger partial charge in [-0.1, -0.05) is 23.7 Å². The fraction of sp³-hybridized carbons (Fsp3) is 0.393. The summed E-state index contributed by atoms with van der Waals surface area (Å²) in [5, 5.41) is 18.4. The van der Waals surface area contributed by atoms with Crippen molar-refractivity contribution in [2.75, 3.05) is 7.11 Å². The van der Waals surface area contributed by atoms with Crippen molar-refractivity contribution in [3.05, 3.63) is 75.2 Å². The minimum Gasteiger partial charge on any atom is -0.467 e. The van der Waals surface area contributed by atoms with Gasteiger partial charge in [-0.15, -0.1) is 5.10 Å². The molecular formula is C28H28ClF6N5O6. The average molecular weight is 680 g/mol. The van der Waals surface area contributed by atoms with E-state index in [2.05, 4.69) is 20.5 Å². The van der Waals surface area contributed by atoms with Gasteiger partial charge in [-0.2, -0.15) is 26.3 Å². The Hall–Kier alpha value is -4.38. The molecule has 1 aromatic heterocycles. The van der Waals surface area contributed by atoms with E-state index in [0.717, 1.165) is 32.2 Å². The van der Waals surface area contributed by atoms with Crippen molar-refractivity contribution in [3.63, 3.8) is 0 Å². The van der Waals surface area contributed by atoms with Gasteiger partial charge in [0.2, 0.25) is 5.91 Å². The topological polar surface area (TPSA) is 145 Å². The second-order valence-corrected chi connectivity index (χ2v) is 11.2. The normalized spacial score (nSPS) is 14.3. The fourth-order valence-corrected chi connectivity index (χ4v) is 4.36. The van der Waals surface area contributed by atoms with Crippen LogP contribution in [0.15, 0.2) is 53.3 Å². The number of aromatic nitrogens is 3. The summed E-state index contributed by atoms with van der Waals surface area (Å²) >= 11 is 5.87. The number of amides is 2. The van der Waals surface area contributed by atoms with Crippen molar-refractivity contribution in [1.82, 2.24) is 25.0 Å². The first-order valence-electron chi connectivity index (χ1n) is 13.2. The molecule has 0 unspecified atom stereocenters. The molecule has 0 bridgehead atoms. The predicted octanol–water partition coefficient (Wildman–Crippen LogP) is 3.41. The lowest BCUT2D eigenvalue weighted by molar-refractivity contribution is -0.207. The zero-order valence-corrected chi connectivity index (χ0v) is 25.3. The number of nitrogens with zero attached hydrogens (tertiary/aromatic N) is 3. The highest BCUT2D eigenvalue weighted by Gasteiger charge is 2.43. The Morgan fingerprint density at radius 2 is 1.57 bits per heavy atom. The molecule has 18 heteroatoms. The number of rotatable bonds is 10. The van der Waals surface area contributed by atoms with Crippen molar-refractivity contribution in [2.45, 2.75) is 63.4 Å². The molecule has 0 fully saturated rings. The van der Waals surface area contributed by atoms with Gasteiger partial charge in [0.25, 0.3) is 5.91 Å². The first kappa shape index (κ1) is 36.1. The van der Waals surface area contributed by atoms with E-state index in [4.69, 9.17) is 11.6 Å². The van der Waals surface area contributed by atoms with Crippen molar-refractivity contribution in [2.24, 2.45) is 0 Å². The number of aliphatic hydroxyl groups is 1. The lowest BCUT2D eigenvalue weighted by Gasteiger charge is -2.34. The Morgan fingerprint density at radius 3 is 2.11 bits per heavy atom. The van der Waals surface area contributed by atoms with E-state index in [1.165, 1.54) is 38.1 Å². The summed E-state index contributed by atoms with van der Waals surface area (Å²) in [4.78, 5) is 52.3. The van der Waals surface area contributed by atoms with Gasteiger partial charge in [0.05, 0.1) is 19.2 Å². The Balaban J connectivity index is 2.06. The third-order valence-electron chi connectivity index (χ3n) is 6.78. The minimum absolute atomic E-state index is 0.0910. The summed E-state index contributed by atoms with van der Waals surface area (Å²) in [6.45, 7) is 1.20. The van der Waals surface area contributed by atoms with Gasteiger partial charge < -0.3 is 20.5 Å². The SMILES string of the molecule is COC(=O)C(C)(C)NC(=O)[C@](C)(NC(=O)Cn1nc(-c2ccc(Cl)cc2)n(C[C@H](O)C(F)(F)F)c1=O)c1cccc(C(F)(F)F)c1. The maximum absolute atomic E-state index is 13.6. The summed E-state index contributed by atoms with van der Waals surface area (Å²) in [5.74, 6) is -3.64. The maximum Gasteiger partial charge on any atom is 0.416 e. The third kappa shape index (κ3) is 8.06. The van der Waals surface area contributed by atoms with E-state index < -0.39 is 71.7 Å². The van der Waals surface area contributed by atoms with Crippen LogP contribution < -0.4 is 16.3 Å². The molecule has 2 atom stereocenters. The van der Waals surface area contributed by atoms with Crippen LogP contribution in [-0.4, -0.2) is 62.2 Å². The number of carbonyl (C=O) groups excluding carboxylic acids is 3. The number of hydrogen-bond acceptors (Lipinski definition) is 7. The number of halogens is 7. The Morgan fingerprint density at radius 1 is 0.978 bits per heavy atom. The van der Waals surface area contributed by atoms with Gasteiger partial charge in [0.15, 0.2) is 11.9 Å². The zero-order chi connectivity index (χ0) is 34.8. The predicted molar refractivity (Wildman–Crippen MR) is 150 cm³/mol. The molecule has 0 saturated heterocycles. The summed E-state index contributed by atoms with van der Waals surface area (Å²) in [5.41, 5.74) is -6.75. The fourth-order valence-electron chi connectivity index (χ4n) is 4.23. The monoisotopic (exact) mass is 679 g/mol. The van der Waals surface area contributed by atoms with Gasteiger partial charge in [0, 0.05) is 10.6 Å². The highest BCUT2D eigenvalue weighted by Crippen LogP contribution is 2.33. The van der Waals surface area contributed by atoms with Crippen LogP contribution in [0.2, 0.25) is 5.02 Å². The molecule has 1 heterocycles. The lowest BCUT2D eigenvalue weighted by atomic mass is 9.88. The number of ether oxygens (including phenoxy) is 1. The molecule has 0 aliphatic heterocycles. The molecule has 3 N–H and O–H groups in total. The first-order valence-corrected chi connectivity index (χ1v) is 13.6. The van der Waals surface area contributed by atoms with E-state index in [-0.39, 0.29) is 22.0 Å². The van der Waals surface area contributed by atoms with Crippen LogP contribution in [0, 0.1) is 0 Å². The number of carbonyl (C=O) groups is 3. The van der Waals surface area contributed by atoms with Crippen molar-refractivity contribution in [3.8, 4) is 11.4 Å². The molecule has 3 aromatic rings. The maximum atomic E-state index is 13.6. The Labute approximate surface area is 262 Å². The summed E-state index contributed by atoms with van der Waals surface area (Å²) in [6.07, 6.45) is -13.0. The van der Waals surface area contributed by atoms with Crippen LogP contribution >= 0.6 is 11.6 Å². The van der Waals surface area contributed by atoms with E-state index in [1.54, 1.807) is 0 Å².